The Balaban J connectivity index is 1.91. The number of nitrogens with two attached hydrogens (primary N) is 1. The highest BCUT2D eigenvalue weighted by atomic mass is 35.5. The molecule has 14 heteroatoms. The third kappa shape index (κ3) is 4.67. The van der Waals surface area contributed by atoms with Crippen LogP contribution in [0.3, 0.4) is 0 Å². The summed E-state index contributed by atoms with van der Waals surface area (Å²) in [5, 5.41) is 1.72. The third-order valence-corrected chi connectivity index (χ3v) is 5.52. The van der Waals surface area contributed by atoms with E-state index in [9.17, 15) is 35.5 Å². The molecular weight excluding hydrogens is 497 g/mol. The van der Waals surface area contributed by atoms with E-state index in [1.807, 2.05) is 0 Å². The van der Waals surface area contributed by atoms with Crippen LogP contribution in [0.5, 0.6) is 0 Å². The fraction of sp³-hybridized carbons (Fsp3) is 0.350. The van der Waals surface area contributed by atoms with Crippen LogP contribution in [0.4, 0.5) is 36.4 Å². The van der Waals surface area contributed by atoms with Crippen LogP contribution in [-0.2, 0) is 16.5 Å². The van der Waals surface area contributed by atoms with Crippen LogP contribution in [0.1, 0.15) is 35.5 Å². The minimum absolute atomic E-state index is 0.0571. The lowest BCUT2D eigenvalue weighted by atomic mass is 9.89. The molecule has 6 nitrogen and oxygen atoms in total. The number of rotatable bonds is 3. The number of alkyl halides is 6. The number of amidine groups is 1. The Bertz CT molecular complexity index is 1170. The van der Waals surface area contributed by atoms with E-state index in [1.54, 1.807) is 0 Å². The van der Waals surface area contributed by atoms with E-state index < -0.39 is 63.9 Å². The summed E-state index contributed by atoms with van der Waals surface area (Å²) < 4.78 is 97.8. The Kier molecular flexibility index (Phi) is 6.33. The van der Waals surface area contributed by atoms with Crippen molar-refractivity contribution in [2.75, 3.05) is 11.9 Å². The number of ether oxygens (including phenoxy) is 1. The van der Waals surface area contributed by atoms with Gasteiger partial charge in [-0.2, -0.15) is 26.3 Å². The first-order chi connectivity index (χ1) is 15.5. The van der Waals surface area contributed by atoms with Crippen LogP contribution in [0.25, 0.3) is 0 Å². The third-order valence-electron chi connectivity index (χ3n) is 5.23. The number of carbonyl (C=O) groups excluding carboxylic acids is 1. The van der Waals surface area contributed by atoms with Gasteiger partial charge in [-0.05, 0) is 38.1 Å². The first kappa shape index (κ1) is 25.7. The Labute approximate surface area is 193 Å². The van der Waals surface area contributed by atoms with Crippen LogP contribution in [0, 0.1) is 5.82 Å². The van der Waals surface area contributed by atoms with Crippen LogP contribution in [0.15, 0.2) is 35.5 Å². The molecule has 0 unspecified atom stereocenters. The molecule has 0 aliphatic carbocycles. The quantitative estimate of drug-likeness (QED) is 0.562. The van der Waals surface area contributed by atoms with Gasteiger partial charge in [0.25, 0.3) is 5.91 Å². The molecule has 3 rings (SSSR count). The number of hydrogen-bond acceptors (Lipinski definition) is 5. The standard InChI is InChI=1S/C20H16ClF7N4O2/c1-17(8-34-18(2,16(29)32-17)20(26,27)28)11-6-10(3-4-13(11)22)31-15(33)14-12(21)5-9(7-30-14)19(23,24)25/h3-7H,8H2,1-2H3,(H2,29,32)(H,31,33)/t17-,18+/m0/s1. The molecule has 1 aromatic carbocycles. The molecule has 0 saturated heterocycles. The van der Waals surface area contributed by atoms with Gasteiger partial charge >= 0.3 is 12.4 Å². The predicted molar refractivity (Wildman–Crippen MR) is 108 cm³/mol. The topological polar surface area (TPSA) is 89.6 Å². The normalized spacial score (nSPS) is 23.4. The summed E-state index contributed by atoms with van der Waals surface area (Å²) in [5.41, 5.74) is -1.01. The second-order valence-electron chi connectivity index (χ2n) is 7.79. The van der Waals surface area contributed by atoms with Crippen molar-refractivity contribution in [3.63, 3.8) is 0 Å². The highest BCUT2D eigenvalue weighted by molar-refractivity contribution is 6.34. The maximum absolute atomic E-state index is 14.6. The predicted octanol–water partition coefficient (Wildman–Crippen LogP) is 5.07. The molecule has 1 aliphatic rings. The second-order valence-corrected chi connectivity index (χ2v) is 8.20. The van der Waals surface area contributed by atoms with Crippen molar-refractivity contribution in [2.45, 2.75) is 37.3 Å². The summed E-state index contributed by atoms with van der Waals surface area (Å²) in [6, 6.07) is 3.65. The first-order valence-corrected chi connectivity index (χ1v) is 9.76. The van der Waals surface area contributed by atoms with Gasteiger partial charge in [-0.25, -0.2) is 9.37 Å². The number of nitrogens with one attached hydrogen (secondary N) is 1. The average Bonchev–Trinajstić information content (AvgIpc) is 2.70. The molecule has 0 radical (unpaired) electrons. The van der Waals surface area contributed by atoms with Crippen molar-refractivity contribution in [3.8, 4) is 0 Å². The zero-order valence-corrected chi connectivity index (χ0v) is 18.2. The van der Waals surface area contributed by atoms with Gasteiger partial charge in [-0.1, -0.05) is 11.6 Å². The number of carbonyl (C=O) groups is 1. The Morgan fingerprint density at radius 3 is 2.35 bits per heavy atom. The summed E-state index contributed by atoms with van der Waals surface area (Å²) in [4.78, 5) is 19.7. The summed E-state index contributed by atoms with van der Waals surface area (Å²) in [5.74, 6) is -2.79. The van der Waals surface area contributed by atoms with Crippen molar-refractivity contribution in [3.05, 3.63) is 58.1 Å². The molecular formula is C20H16ClF7N4O2. The van der Waals surface area contributed by atoms with Gasteiger partial charge in [0.15, 0.2) is 0 Å². The lowest BCUT2D eigenvalue weighted by molar-refractivity contribution is -0.249. The van der Waals surface area contributed by atoms with Gasteiger partial charge in [0, 0.05) is 17.4 Å². The number of pyridine rings is 1. The van der Waals surface area contributed by atoms with E-state index in [-0.39, 0.29) is 11.3 Å². The monoisotopic (exact) mass is 512 g/mol. The minimum atomic E-state index is -4.87. The minimum Gasteiger partial charge on any atom is -0.385 e. The van der Waals surface area contributed by atoms with Gasteiger partial charge in [0.2, 0.25) is 5.60 Å². The number of halogens is 8. The number of benzene rings is 1. The lowest BCUT2D eigenvalue weighted by Gasteiger charge is -2.41. The average molecular weight is 513 g/mol. The summed E-state index contributed by atoms with van der Waals surface area (Å²) in [7, 11) is 0. The molecule has 34 heavy (non-hydrogen) atoms. The lowest BCUT2D eigenvalue weighted by Crippen LogP contribution is -2.60. The van der Waals surface area contributed by atoms with Crippen molar-refractivity contribution in [2.24, 2.45) is 10.7 Å². The van der Waals surface area contributed by atoms with Crippen molar-refractivity contribution in [1.82, 2.24) is 4.98 Å². The van der Waals surface area contributed by atoms with Crippen LogP contribution >= 0.6 is 11.6 Å². The molecule has 2 atom stereocenters. The largest absolute Gasteiger partial charge is 0.424 e. The molecule has 3 N–H and O–H groups in total. The maximum atomic E-state index is 14.6. The van der Waals surface area contributed by atoms with E-state index in [0.717, 1.165) is 18.2 Å². The van der Waals surface area contributed by atoms with Gasteiger partial charge in [0.1, 0.15) is 22.9 Å². The molecule has 1 aliphatic heterocycles. The van der Waals surface area contributed by atoms with E-state index in [2.05, 4.69) is 15.3 Å². The van der Waals surface area contributed by atoms with Crippen LogP contribution in [-0.4, -0.2) is 35.1 Å². The summed E-state index contributed by atoms with van der Waals surface area (Å²) in [6.45, 7) is 1.29. The number of nitrogens with zero attached hydrogens (tertiary/aromatic N) is 2. The van der Waals surface area contributed by atoms with E-state index >= 15 is 0 Å². The molecule has 1 aromatic heterocycles. The Hall–Kier alpha value is -2.93. The molecule has 184 valence electrons. The fourth-order valence-electron chi connectivity index (χ4n) is 3.09. The fourth-order valence-corrected chi connectivity index (χ4v) is 3.35. The molecule has 0 saturated carbocycles. The number of aliphatic imine (C=N–C) groups is 1. The highest BCUT2D eigenvalue weighted by Gasteiger charge is 2.59. The number of hydrogen-bond donors (Lipinski definition) is 2. The smallest absolute Gasteiger partial charge is 0.385 e. The van der Waals surface area contributed by atoms with Gasteiger partial charge in [0.05, 0.1) is 17.2 Å². The molecule has 0 spiro atoms. The molecule has 0 bridgehead atoms. The van der Waals surface area contributed by atoms with Crippen LogP contribution in [0.2, 0.25) is 5.02 Å². The first-order valence-electron chi connectivity index (χ1n) is 9.38. The molecule has 0 fully saturated rings. The molecule has 2 aromatic rings. The second kappa shape index (κ2) is 8.38. The zero-order valence-electron chi connectivity index (χ0n) is 17.4. The van der Waals surface area contributed by atoms with E-state index in [4.69, 9.17) is 22.1 Å². The van der Waals surface area contributed by atoms with Crippen molar-refractivity contribution in [1.29, 1.82) is 0 Å². The van der Waals surface area contributed by atoms with Crippen molar-refractivity contribution >= 4 is 29.0 Å². The number of aromatic nitrogens is 1. The van der Waals surface area contributed by atoms with Gasteiger partial charge in [-0.15, -0.1) is 0 Å². The summed E-state index contributed by atoms with van der Waals surface area (Å²) in [6.07, 6.45) is -9.17. The van der Waals surface area contributed by atoms with Gasteiger partial charge in [-0.3, -0.25) is 9.79 Å². The summed E-state index contributed by atoms with van der Waals surface area (Å²) >= 11 is 5.75. The zero-order chi connectivity index (χ0) is 25.7. The van der Waals surface area contributed by atoms with E-state index in [0.29, 0.717) is 19.2 Å². The van der Waals surface area contributed by atoms with Crippen molar-refractivity contribution < 1.29 is 40.3 Å². The van der Waals surface area contributed by atoms with Crippen LogP contribution < -0.4 is 11.1 Å². The SMILES string of the molecule is C[C@@]1(c2cc(NC(=O)c3ncc(C(F)(F)F)cc3Cl)ccc2F)CO[C@@](C)(C(F)(F)F)C(N)=N1. The van der Waals surface area contributed by atoms with Gasteiger partial charge < -0.3 is 15.8 Å². The molecule has 1 amide bonds. The highest BCUT2D eigenvalue weighted by Crippen LogP contribution is 2.41. The van der Waals surface area contributed by atoms with E-state index in [1.165, 1.54) is 6.92 Å². The maximum Gasteiger partial charge on any atom is 0.424 e. The molecule has 2 heterocycles. The number of anilines is 1. The Morgan fingerprint density at radius 1 is 1.18 bits per heavy atom. The Morgan fingerprint density at radius 2 is 1.82 bits per heavy atom. The number of amides is 1.